The molecule has 1 heterocycles. The second kappa shape index (κ2) is 10.5. The molecule has 2 aromatic carbocycles. The minimum absolute atomic E-state index is 0.0114. The van der Waals surface area contributed by atoms with Crippen LogP contribution in [0.3, 0.4) is 0 Å². The van der Waals surface area contributed by atoms with E-state index in [4.69, 9.17) is 4.74 Å². The van der Waals surface area contributed by atoms with Crippen molar-refractivity contribution in [1.29, 1.82) is 0 Å². The molecule has 0 spiro atoms. The standard InChI is InChI=1S/C26H27NO4/c1-19-11-13-23(14-12-19)25(28)24-10-6-16-27(24)15-5-9-21-7-4-8-22(17-21)18-31-20(2)26(29)30-3/h4-14,16-17,20H,15,18H2,1-3H3/t20-/m0/s1. The van der Waals surface area contributed by atoms with Crippen LogP contribution in [0.25, 0.3) is 6.08 Å². The summed E-state index contributed by atoms with van der Waals surface area (Å²) >= 11 is 0. The highest BCUT2D eigenvalue weighted by molar-refractivity contribution is 6.08. The lowest BCUT2D eigenvalue weighted by Gasteiger charge is -2.11. The van der Waals surface area contributed by atoms with E-state index >= 15 is 0 Å². The molecular weight excluding hydrogens is 390 g/mol. The molecular formula is C26H27NO4. The lowest BCUT2D eigenvalue weighted by molar-refractivity contribution is -0.153. The van der Waals surface area contributed by atoms with E-state index in [-0.39, 0.29) is 5.78 Å². The Morgan fingerprint density at radius 3 is 2.58 bits per heavy atom. The number of hydrogen-bond donors (Lipinski definition) is 0. The van der Waals surface area contributed by atoms with Crippen molar-refractivity contribution in [2.75, 3.05) is 7.11 Å². The zero-order chi connectivity index (χ0) is 22.2. The molecule has 0 radical (unpaired) electrons. The van der Waals surface area contributed by atoms with Crippen LogP contribution in [-0.4, -0.2) is 29.5 Å². The average Bonchev–Trinajstić information content (AvgIpc) is 3.25. The number of benzene rings is 2. The Morgan fingerprint density at radius 1 is 1.06 bits per heavy atom. The zero-order valence-corrected chi connectivity index (χ0v) is 18.1. The number of methoxy groups -OCH3 is 1. The molecule has 3 aromatic rings. The van der Waals surface area contributed by atoms with Crippen molar-refractivity contribution < 1.29 is 19.1 Å². The molecule has 0 saturated heterocycles. The van der Waals surface area contributed by atoms with Gasteiger partial charge in [-0.05, 0) is 43.2 Å². The van der Waals surface area contributed by atoms with Crippen LogP contribution >= 0.6 is 0 Å². The van der Waals surface area contributed by atoms with Crippen molar-refractivity contribution in [3.8, 4) is 0 Å². The van der Waals surface area contributed by atoms with Crippen molar-refractivity contribution in [1.82, 2.24) is 4.57 Å². The zero-order valence-electron chi connectivity index (χ0n) is 18.1. The third-order valence-corrected chi connectivity index (χ3v) is 4.97. The van der Waals surface area contributed by atoms with Gasteiger partial charge in [0, 0.05) is 18.3 Å². The van der Waals surface area contributed by atoms with Crippen molar-refractivity contribution in [3.05, 3.63) is 101 Å². The summed E-state index contributed by atoms with van der Waals surface area (Å²) < 4.78 is 12.2. The second-order valence-corrected chi connectivity index (χ2v) is 7.36. The van der Waals surface area contributed by atoms with Gasteiger partial charge in [-0.1, -0.05) is 60.2 Å². The lowest BCUT2D eigenvalue weighted by Crippen LogP contribution is -2.21. The maximum atomic E-state index is 12.8. The molecule has 0 bridgehead atoms. The van der Waals surface area contributed by atoms with Crippen LogP contribution in [0.4, 0.5) is 0 Å². The highest BCUT2D eigenvalue weighted by atomic mass is 16.6. The first kappa shape index (κ1) is 22.2. The molecule has 0 unspecified atom stereocenters. The number of rotatable bonds is 9. The van der Waals surface area contributed by atoms with Crippen molar-refractivity contribution in [2.24, 2.45) is 0 Å². The monoisotopic (exact) mass is 417 g/mol. The van der Waals surface area contributed by atoms with E-state index in [9.17, 15) is 9.59 Å². The van der Waals surface area contributed by atoms with Gasteiger partial charge in [0.25, 0.3) is 0 Å². The van der Waals surface area contributed by atoms with Gasteiger partial charge in [0.15, 0.2) is 6.10 Å². The van der Waals surface area contributed by atoms with Gasteiger partial charge >= 0.3 is 5.97 Å². The minimum Gasteiger partial charge on any atom is -0.467 e. The molecule has 160 valence electrons. The van der Waals surface area contributed by atoms with Gasteiger partial charge in [-0.2, -0.15) is 0 Å². The molecule has 3 rings (SSSR count). The Balaban J connectivity index is 1.63. The number of allylic oxidation sites excluding steroid dienone is 1. The summed E-state index contributed by atoms with van der Waals surface area (Å²) in [7, 11) is 1.35. The Hall–Kier alpha value is -3.44. The molecule has 0 amide bonds. The Morgan fingerprint density at radius 2 is 1.84 bits per heavy atom. The van der Waals surface area contributed by atoms with E-state index in [1.54, 1.807) is 6.92 Å². The lowest BCUT2D eigenvalue weighted by atomic mass is 10.1. The average molecular weight is 418 g/mol. The number of nitrogens with zero attached hydrogens (tertiary/aromatic N) is 1. The van der Waals surface area contributed by atoms with Crippen LogP contribution < -0.4 is 0 Å². The molecule has 1 aromatic heterocycles. The molecule has 0 saturated carbocycles. The van der Waals surface area contributed by atoms with Gasteiger partial charge in [0.2, 0.25) is 5.78 Å². The second-order valence-electron chi connectivity index (χ2n) is 7.36. The minimum atomic E-state index is -0.609. The van der Waals surface area contributed by atoms with Gasteiger partial charge in [-0.3, -0.25) is 4.79 Å². The molecule has 31 heavy (non-hydrogen) atoms. The van der Waals surface area contributed by atoms with Gasteiger partial charge in [-0.25, -0.2) is 4.79 Å². The molecule has 0 fully saturated rings. The largest absolute Gasteiger partial charge is 0.467 e. The molecule has 0 N–H and O–H groups in total. The van der Waals surface area contributed by atoms with E-state index in [2.05, 4.69) is 4.74 Å². The molecule has 0 aliphatic carbocycles. The van der Waals surface area contributed by atoms with Gasteiger partial charge < -0.3 is 14.0 Å². The summed E-state index contributed by atoms with van der Waals surface area (Å²) in [5.74, 6) is -0.379. The SMILES string of the molecule is COC(=O)[C@H](C)OCc1cccc(C=CCn2cccc2C(=O)c2ccc(C)cc2)c1. The van der Waals surface area contributed by atoms with Gasteiger partial charge in [0.05, 0.1) is 19.4 Å². The fourth-order valence-corrected chi connectivity index (χ4v) is 3.18. The Kier molecular flexibility index (Phi) is 7.57. The van der Waals surface area contributed by atoms with E-state index in [1.165, 1.54) is 7.11 Å². The molecule has 5 heteroatoms. The summed E-state index contributed by atoms with van der Waals surface area (Å²) in [6, 6.07) is 19.2. The van der Waals surface area contributed by atoms with Crippen molar-refractivity contribution in [2.45, 2.75) is 33.1 Å². The van der Waals surface area contributed by atoms with Crippen LogP contribution in [-0.2, 0) is 27.4 Å². The number of ether oxygens (including phenoxy) is 2. The third-order valence-electron chi connectivity index (χ3n) is 4.97. The molecule has 0 aliphatic rings. The quantitative estimate of drug-likeness (QED) is 0.370. The fraction of sp³-hybridized carbons (Fsp3) is 0.231. The summed E-state index contributed by atoms with van der Waals surface area (Å²) in [6.07, 6.45) is 5.32. The van der Waals surface area contributed by atoms with Gasteiger partial charge in [-0.15, -0.1) is 0 Å². The number of hydrogen-bond acceptors (Lipinski definition) is 4. The van der Waals surface area contributed by atoms with E-state index in [1.807, 2.05) is 90.5 Å². The van der Waals surface area contributed by atoms with E-state index in [0.717, 1.165) is 16.7 Å². The fourth-order valence-electron chi connectivity index (χ4n) is 3.18. The predicted octanol–water partition coefficient (Wildman–Crippen LogP) is 4.82. The highest BCUT2D eigenvalue weighted by Crippen LogP contribution is 2.14. The molecule has 0 aliphatic heterocycles. The number of carbonyl (C=O) groups is 2. The summed E-state index contributed by atoms with van der Waals surface area (Å²) in [4.78, 5) is 24.3. The highest BCUT2D eigenvalue weighted by Gasteiger charge is 2.14. The first-order valence-corrected chi connectivity index (χ1v) is 10.2. The molecule has 5 nitrogen and oxygen atoms in total. The summed E-state index contributed by atoms with van der Waals surface area (Å²) in [5.41, 5.74) is 4.46. The maximum Gasteiger partial charge on any atom is 0.334 e. The topological polar surface area (TPSA) is 57.5 Å². The van der Waals surface area contributed by atoms with Crippen LogP contribution in [0.5, 0.6) is 0 Å². The number of ketones is 1. The maximum absolute atomic E-state index is 12.8. The Bertz CT molecular complexity index is 1060. The van der Waals surface area contributed by atoms with Crippen LogP contribution in [0.2, 0.25) is 0 Å². The first-order chi connectivity index (χ1) is 15.0. The summed E-state index contributed by atoms with van der Waals surface area (Å²) in [6.45, 7) is 4.58. The van der Waals surface area contributed by atoms with Crippen LogP contribution in [0, 0.1) is 6.92 Å². The van der Waals surface area contributed by atoms with Gasteiger partial charge in [0.1, 0.15) is 0 Å². The number of esters is 1. The Labute approximate surface area is 182 Å². The van der Waals surface area contributed by atoms with Crippen LogP contribution in [0.15, 0.2) is 72.9 Å². The smallest absolute Gasteiger partial charge is 0.334 e. The van der Waals surface area contributed by atoms with Crippen molar-refractivity contribution in [3.63, 3.8) is 0 Å². The third kappa shape index (κ3) is 6.03. The predicted molar refractivity (Wildman–Crippen MR) is 121 cm³/mol. The number of carbonyl (C=O) groups excluding carboxylic acids is 2. The normalized spacial score (nSPS) is 12.1. The number of aryl methyl sites for hydroxylation is 1. The van der Waals surface area contributed by atoms with E-state index in [0.29, 0.717) is 24.4 Å². The van der Waals surface area contributed by atoms with Crippen LogP contribution in [0.1, 0.15) is 39.7 Å². The molecule has 1 atom stereocenters. The summed E-state index contributed by atoms with van der Waals surface area (Å²) in [5, 5.41) is 0. The van der Waals surface area contributed by atoms with E-state index < -0.39 is 12.1 Å². The first-order valence-electron chi connectivity index (χ1n) is 10.2. The van der Waals surface area contributed by atoms with Crippen molar-refractivity contribution >= 4 is 17.8 Å². The number of aromatic nitrogens is 1.